The summed E-state index contributed by atoms with van der Waals surface area (Å²) in [4.78, 5) is 0. The van der Waals surface area contributed by atoms with E-state index in [0.29, 0.717) is 6.04 Å². The molecule has 0 bridgehead atoms. The van der Waals surface area contributed by atoms with Crippen LogP contribution in [0.1, 0.15) is 29.5 Å². The lowest BCUT2D eigenvalue weighted by Crippen LogP contribution is -2.43. The first kappa shape index (κ1) is 14.4. The molecule has 0 aromatic heterocycles. The molecular weight excluding hydrogens is 236 g/mol. The smallest absolute Gasteiger partial charge is 0.122 e. The van der Waals surface area contributed by atoms with Crippen LogP contribution in [0.4, 0.5) is 0 Å². The third-order valence-corrected chi connectivity index (χ3v) is 3.98. The zero-order valence-corrected chi connectivity index (χ0v) is 12.4. The minimum absolute atomic E-state index is 0.647. The largest absolute Gasteiger partial charge is 0.496 e. The summed E-state index contributed by atoms with van der Waals surface area (Å²) in [6.07, 6.45) is 3.68. The molecule has 1 aromatic carbocycles. The van der Waals surface area contributed by atoms with Gasteiger partial charge in [0.25, 0.3) is 0 Å². The number of ether oxygens (including phenoxy) is 1. The molecule has 0 saturated carbocycles. The van der Waals surface area contributed by atoms with Crippen LogP contribution >= 0.6 is 0 Å². The fourth-order valence-corrected chi connectivity index (χ4v) is 2.78. The Bertz CT molecular complexity index is 411. The van der Waals surface area contributed by atoms with E-state index in [2.05, 4.69) is 36.6 Å². The van der Waals surface area contributed by atoms with E-state index in [-0.39, 0.29) is 0 Å². The highest BCUT2D eigenvalue weighted by atomic mass is 16.5. The van der Waals surface area contributed by atoms with Crippen molar-refractivity contribution in [3.8, 4) is 5.75 Å². The monoisotopic (exact) mass is 262 g/mol. The molecule has 1 heterocycles. The van der Waals surface area contributed by atoms with Crippen molar-refractivity contribution >= 4 is 0 Å². The van der Waals surface area contributed by atoms with Crippen molar-refractivity contribution in [2.45, 2.75) is 39.2 Å². The molecule has 2 rings (SSSR count). The molecule has 0 aliphatic carbocycles. The Kier molecular flexibility index (Phi) is 5.23. The van der Waals surface area contributed by atoms with E-state index < -0.39 is 0 Å². The van der Waals surface area contributed by atoms with E-state index in [0.717, 1.165) is 25.3 Å². The zero-order valence-electron chi connectivity index (χ0n) is 12.4. The molecule has 3 nitrogen and oxygen atoms in total. The third-order valence-electron chi connectivity index (χ3n) is 3.98. The maximum absolute atomic E-state index is 5.36. The summed E-state index contributed by atoms with van der Waals surface area (Å²) < 4.78 is 5.36. The second kappa shape index (κ2) is 6.92. The maximum atomic E-state index is 5.36. The van der Waals surface area contributed by atoms with Crippen LogP contribution in [0.5, 0.6) is 5.75 Å². The molecule has 1 atom stereocenters. The van der Waals surface area contributed by atoms with Crippen molar-refractivity contribution in [2.75, 3.05) is 26.7 Å². The number of rotatable bonds is 5. The lowest BCUT2D eigenvalue weighted by atomic mass is 10.0. The van der Waals surface area contributed by atoms with E-state index in [1.54, 1.807) is 7.11 Å². The van der Waals surface area contributed by atoms with Gasteiger partial charge in [0.05, 0.1) is 7.11 Å². The van der Waals surface area contributed by atoms with Crippen molar-refractivity contribution in [1.29, 1.82) is 0 Å². The highest BCUT2D eigenvalue weighted by molar-refractivity contribution is 5.41. The van der Waals surface area contributed by atoms with Gasteiger partial charge in [-0.1, -0.05) is 6.07 Å². The van der Waals surface area contributed by atoms with Crippen LogP contribution in [0, 0.1) is 13.8 Å². The van der Waals surface area contributed by atoms with E-state index in [4.69, 9.17) is 4.74 Å². The van der Waals surface area contributed by atoms with Crippen LogP contribution in [0.15, 0.2) is 12.1 Å². The predicted octanol–water partition coefficient (Wildman–Crippen LogP) is 2.20. The topological polar surface area (TPSA) is 33.3 Å². The molecular formula is C16H26N2O. The van der Waals surface area contributed by atoms with Crippen molar-refractivity contribution in [2.24, 2.45) is 0 Å². The van der Waals surface area contributed by atoms with Gasteiger partial charge in [0.2, 0.25) is 0 Å². The Balaban J connectivity index is 1.86. The van der Waals surface area contributed by atoms with Gasteiger partial charge in [-0.3, -0.25) is 0 Å². The summed E-state index contributed by atoms with van der Waals surface area (Å²) in [5.74, 6) is 0.991. The van der Waals surface area contributed by atoms with Gasteiger partial charge in [-0.2, -0.15) is 0 Å². The Morgan fingerprint density at radius 3 is 2.84 bits per heavy atom. The summed E-state index contributed by atoms with van der Waals surface area (Å²) in [5, 5.41) is 7.09. The van der Waals surface area contributed by atoms with E-state index in [9.17, 15) is 0 Å². The van der Waals surface area contributed by atoms with Gasteiger partial charge < -0.3 is 15.4 Å². The second-order valence-corrected chi connectivity index (χ2v) is 5.50. The van der Waals surface area contributed by atoms with Crippen molar-refractivity contribution in [3.05, 3.63) is 28.8 Å². The third kappa shape index (κ3) is 3.95. The first-order valence-corrected chi connectivity index (χ1v) is 7.29. The van der Waals surface area contributed by atoms with Crippen LogP contribution in [-0.4, -0.2) is 32.8 Å². The number of aryl methyl sites for hydroxylation is 2. The van der Waals surface area contributed by atoms with E-state index in [1.165, 1.54) is 36.1 Å². The fourth-order valence-electron chi connectivity index (χ4n) is 2.78. The lowest BCUT2D eigenvalue weighted by molar-refractivity contribution is 0.392. The fraction of sp³-hybridized carbons (Fsp3) is 0.625. The molecule has 3 heteroatoms. The second-order valence-electron chi connectivity index (χ2n) is 5.50. The number of hydrogen-bond donors (Lipinski definition) is 2. The Hall–Kier alpha value is -1.06. The van der Waals surface area contributed by atoms with Gasteiger partial charge in [-0.15, -0.1) is 0 Å². The minimum atomic E-state index is 0.647. The Labute approximate surface area is 116 Å². The van der Waals surface area contributed by atoms with Gasteiger partial charge in [-0.05, 0) is 69.0 Å². The van der Waals surface area contributed by atoms with E-state index in [1.807, 2.05) is 0 Å². The van der Waals surface area contributed by atoms with Crippen molar-refractivity contribution in [1.82, 2.24) is 10.6 Å². The summed E-state index contributed by atoms with van der Waals surface area (Å²) in [6.45, 7) is 7.62. The number of piperidine rings is 1. The molecule has 1 fully saturated rings. The normalized spacial score (nSPS) is 19.4. The number of methoxy groups -OCH3 is 1. The Morgan fingerprint density at radius 2 is 2.16 bits per heavy atom. The first-order chi connectivity index (χ1) is 9.20. The molecule has 1 saturated heterocycles. The van der Waals surface area contributed by atoms with Gasteiger partial charge in [0.15, 0.2) is 0 Å². The van der Waals surface area contributed by atoms with Gasteiger partial charge in [0.1, 0.15) is 5.75 Å². The summed E-state index contributed by atoms with van der Waals surface area (Å²) in [5.41, 5.74) is 3.98. The molecule has 1 aliphatic rings. The van der Waals surface area contributed by atoms with Crippen LogP contribution in [0.25, 0.3) is 0 Å². The zero-order chi connectivity index (χ0) is 13.7. The summed E-state index contributed by atoms with van der Waals surface area (Å²) >= 11 is 0. The average molecular weight is 262 g/mol. The van der Waals surface area contributed by atoms with Crippen LogP contribution in [0.3, 0.4) is 0 Å². The summed E-state index contributed by atoms with van der Waals surface area (Å²) in [7, 11) is 1.74. The summed E-state index contributed by atoms with van der Waals surface area (Å²) in [6, 6.07) is 5.05. The molecule has 1 unspecified atom stereocenters. The van der Waals surface area contributed by atoms with Crippen molar-refractivity contribution < 1.29 is 4.74 Å². The van der Waals surface area contributed by atoms with Gasteiger partial charge >= 0.3 is 0 Å². The maximum Gasteiger partial charge on any atom is 0.122 e. The van der Waals surface area contributed by atoms with Crippen LogP contribution in [-0.2, 0) is 6.42 Å². The molecule has 2 N–H and O–H groups in total. The van der Waals surface area contributed by atoms with Gasteiger partial charge in [-0.25, -0.2) is 0 Å². The van der Waals surface area contributed by atoms with E-state index >= 15 is 0 Å². The molecule has 19 heavy (non-hydrogen) atoms. The first-order valence-electron chi connectivity index (χ1n) is 7.29. The van der Waals surface area contributed by atoms with Gasteiger partial charge in [0, 0.05) is 12.6 Å². The van der Waals surface area contributed by atoms with Crippen molar-refractivity contribution in [3.63, 3.8) is 0 Å². The highest BCUT2D eigenvalue weighted by Gasteiger charge is 2.12. The molecule has 0 amide bonds. The average Bonchev–Trinajstić information content (AvgIpc) is 2.43. The SMILES string of the molecule is COc1cc(C)c(CCNC2CCCNC2)cc1C. The number of nitrogens with one attached hydrogen (secondary N) is 2. The Morgan fingerprint density at radius 1 is 1.32 bits per heavy atom. The number of benzene rings is 1. The molecule has 1 aromatic rings. The molecule has 106 valence electrons. The molecule has 0 spiro atoms. The minimum Gasteiger partial charge on any atom is -0.496 e. The highest BCUT2D eigenvalue weighted by Crippen LogP contribution is 2.22. The van der Waals surface area contributed by atoms with Crippen LogP contribution < -0.4 is 15.4 Å². The van der Waals surface area contributed by atoms with Crippen LogP contribution in [0.2, 0.25) is 0 Å². The predicted molar refractivity (Wildman–Crippen MR) is 80.1 cm³/mol. The lowest BCUT2D eigenvalue weighted by Gasteiger charge is -2.24. The quantitative estimate of drug-likeness (QED) is 0.853. The molecule has 1 aliphatic heterocycles. The standard InChI is InChI=1S/C16H26N2O/c1-12-10-16(19-3)13(2)9-14(12)6-8-18-15-5-4-7-17-11-15/h9-10,15,17-18H,4-8,11H2,1-3H3. The molecule has 0 radical (unpaired) electrons. The number of hydrogen-bond acceptors (Lipinski definition) is 3.